The van der Waals surface area contributed by atoms with Gasteiger partial charge in [-0.25, -0.2) is 4.79 Å². The van der Waals surface area contributed by atoms with Crippen molar-refractivity contribution in [2.45, 2.75) is 69.9 Å². The maximum Gasteiger partial charge on any atom is 0.315 e. The van der Waals surface area contributed by atoms with Crippen molar-refractivity contribution in [3.8, 4) is 0 Å². The summed E-state index contributed by atoms with van der Waals surface area (Å²) in [6, 6.07) is -0.124. The minimum absolute atomic E-state index is 0.00355. The molecule has 0 spiro atoms. The molecule has 2 aliphatic rings. The van der Waals surface area contributed by atoms with Crippen molar-refractivity contribution < 1.29 is 14.7 Å². The third-order valence-corrected chi connectivity index (χ3v) is 4.72. The molecule has 0 radical (unpaired) electrons. The summed E-state index contributed by atoms with van der Waals surface area (Å²) in [5, 5.41) is 15.1. The van der Waals surface area contributed by atoms with E-state index in [1.165, 1.54) is 6.42 Å². The monoisotopic (exact) mass is 268 g/mol. The summed E-state index contributed by atoms with van der Waals surface area (Å²) in [7, 11) is 0. The molecule has 5 nitrogen and oxygen atoms in total. The van der Waals surface area contributed by atoms with E-state index in [9.17, 15) is 9.59 Å². The lowest BCUT2D eigenvalue weighted by Crippen LogP contribution is -2.57. The highest BCUT2D eigenvalue weighted by Crippen LogP contribution is 2.34. The van der Waals surface area contributed by atoms with Gasteiger partial charge in [0.15, 0.2) is 0 Å². The molecule has 0 heterocycles. The van der Waals surface area contributed by atoms with E-state index >= 15 is 0 Å². The molecule has 108 valence electrons. The smallest absolute Gasteiger partial charge is 0.315 e. The van der Waals surface area contributed by atoms with E-state index in [4.69, 9.17) is 5.11 Å². The molecule has 2 atom stereocenters. The van der Waals surface area contributed by atoms with Gasteiger partial charge in [0.1, 0.15) is 0 Å². The average Bonchev–Trinajstić information content (AvgIpc) is 2.34. The van der Waals surface area contributed by atoms with Gasteiger partial charge in [-0.2, -0.15) is 0 Å². The SMILES string of the molecule is CCC1(NC(=O)NC2CCCC(C(=O)O)C2)CCC1. The lowest BCUT2D eigenvalue weighted by atomic mass is 9.75. The highest BCUT2D eigenvalue weighted by Gasteiger charge is 2.37. The summed E-state index contributed by atoms with van der Waals surface area (Å²) in [5.41, 5.74) is -0.00898. The van der Waals surface area contributed by atoms with E-state index in [1.807, 2.05) is 0 Å². The molecular formula is C14H24N2O3. The number of rotatable bonds is 4. The second-order valence-electron chi connectivity index (χ2n) is 5.98. The number of hydrogen-bond donors (Lipinski definition) is 3. The number of carboxylic acids is 1. The van der Waals surface area contributed by atoms with Gasteiger partial charge < -0.3 is 15.7 Å². The van der Waals surface area contributed by atoms with Gasteiger partial charge >= 0.3 is 12.0 Å². The van der Waals surface area contributed by atoms with E-state index in [0.717, 1.165) is 38.5 Å². The van der Waals surface area contributed by atoms with Crippen molar-refractivity contribution in [1.29, 1.82) is 0 Å². The van der Waals surface area contributed by atoms with Crippen LogP contribution in [-0.2, 0) is 4.79 Å². The molecule has 19 heavy (non-hydrogen) atoms. The molecule has 0 bridgehead atoms. The molecule has 2 amide bonds. The number of carboxylic acid groups (broad SMARTS) is 1. The molecule has 5 heteroatoms. The van der Waals surface area contributed by atoms with Crippen LogP contribution < -0.4 is 10.6 Å². The van der Waals surface area contributed by atoms with Gasteiger partial charge in [-0.15, -0.1) is 0 Å². The standard InChI is InChI=1S/C14H24N2O3/c1-2-14(7-4-8-14)16-13(19)15-11-6-3-5-10(9-11)12(17)18/h10-11H,2-9H2,1H3,(H,17,18)(H2,15,16,19). The molecule has 2 saturated carbocycles. The molecule has 3 N–H and O–H groups in total. The molecule has 2 aliphatic carbocycles. The van der Waals surface area contributed by atoms with Crippen LogP contribution in [0.15, 0.2) is 0 Å². The number of amides is 2. The first-order valence-corrected chi connectivity index (χ1v) is 7.36. The fourth-order valence-electron chi connectivity index (χ4n) is 3.18. The fourth-order valence-corrected chi connectivity index (χ4v) is 3.18. The van der Waals surface area contributed by atoms with E-state index in [-0.39, 0.29) is 23.5 Å². The minimum atomic E-state index is -0.740. The van der Waals surface area contributed by atoms with E-state index < -0.39 is 5.97 Å². The van der Waals surface area contributed by atoms with Crippen molar-refractivity contribution in [1.82, 2.24) is 10.6 Å². The highest BCUT2D eigenvalue weighted by atomic mass is 16.4. The lowest BCUT2D eigenvalue weighted by Gasteiger charge is -2.42. The van der Waals surface area contributed by atoms with Crippen LogP contribution in [0, 0.1) is 5.92 Å². The second-order valence-corrected chi connectivity index (χ2v) is 5.98. The van der Waals surface area contributed by atoms with Gasteiger partial charge in [-0.3, -0.25) is 4.79 Å². The molecule has 2 rings (SSSR count). The number of urea groups is 1. The van der Waals surface area contributed by atoms with Gasteiger partial charge in [-0.05, 0) is 44.9 Å². The molecular weight excluding hydrogens is 244 g/mol. The summed E-state index contributed by atoms with van der Waals surface area (Å²) in [4.78, 5) is 23.0. The van der Waals surface area contributed by atoms with Crippen LogP contribution >= 0.6 is 0 Å². The van der Waals surface area contributed by atoms with Crippen LogP contribution in [0.5, 0.6) is 0 Å². The minimum Gasteiger partial charge on any atom is -0.481 e. The largest absolute Gasteiger partial charge is 0.481 e. The Morgan fingerprint density at radius 2 is 2.00 bits per heavy atom. The molecule has 2 fully saturated rings. The Kier molecular flexibility index (Phi) is 4.32. The van der Waals surface area contributed by atoms with E-state index in [0.29, 0.717) is 6.42 Å². The fraction of sp³-hybridized carbons (Fsp3) is 0.857. The van der Waals surface area contributed by atoms with Gasteiger partial charge in [0, 0.05) is 11.6 Å². The molecule has 2 unspecified atom stereocenters. The Morgan fingerprint density at radius 1 is 1.26 bits per heavy atom. The van der Waals surface area contributed by atoms with E-state index in [1.54, 1.807) is 0 Å². The predicted molar refractivity (Wildman–Crippen MR) is 71.9 cm³/mol. The van der Waals surface area contributed by atoms with Crippen LogP contribution in [0.25, 0.3) is 0 Å². The molecule has 0 saturated heterocycles. The first-order valence-electron chi connectivity index (χ1n) is 7.36. The normalized spacial score (nSPS) is 29.1. The van der Waals surface area contributed by atoms with Crippen LogP contribution in [-0.4, -0.2) is 28.7 Å². The average molecular weight is 268 g/mol. The summed E-state index contributed by atoms with van der Waals surface area (Å²) in [6.45, 7) is 2.10. The van der Waals surface area contributed by atoms with Crippen molar-refractivity contribution in [3.05, 3.63) is 0 Å². The number of aliphatic carboxylic acids is 1. The van der Waals surface area contributed by atoms with Crippen molar-refractivity contribution in [3.63, 3.8) is 0 Å². The zero-order valence-corrected chi connectivity index (χ0v) is 11.6. The number of carbonyl (C=O) groups excluding carboxylic acids is 1. The third kappa shape index (κ3) is 3.39. The molecule has 0 aromatic heterocycles. The number of hydrogen-bond acceptors (Lipinski definition) is 2. The summed E-state index contributed by atoms with van der Waals surface area (Å²) in [6.07, 6.45) is 7.30. The maximum absolute atomic E-state index is 12.0. The van der Waals surface area contributed by atoms with Gasteiger partial charge in [0.05, 0.1) is 5.92 Å². The van der Waals surface area contributed by atoms with Crippen LogP contribution in [0.1, 0.15) is 58.3 Å². The predicted octanol–water partition coefficient (Wildman–Crippen LogP) is 2.26. The van der Waals surface area contributed by atoms with Gasteiger partial charge in [-0.1, -0.05) is 13.3 Å². The highest BCUT2D eigenvalue weighted by molar-refractivity contribution is 5.75. The van der Waals surface area contributed by atoms with Crippen LogP contribution in [0.3, 0.4) is 0 Å². The molecule has 0 aromatic rings. The summed E-state index contributed by atoms with van der Waals surface area (Å²) >= 11 is 0. The van der Waals surface area contributed by atoms with E-state index in [2.05, 4.69) is 17.6 Å². The van der Waals surface area contributed by atoms with Gasteiger partial charge in [0.2, 0.25) is 0 Å². The Balaban J connectivity index is 1.80. The topological polar surface area (TPSA) is 78.4 Å². The molecule has 0 aromatic carbocycles. The zero-order valence-electron chi connectivity index (χ0n) is 11.6. The van der Waals surface area contributed by atoms with Crippen molar-refractivity contribution in [2.75, 3.05) is 0 Å². The quantitative estimate of drug-likeness (QED) is 0.731. The number of nitrogens with one attached hydrogen (secondary N) is 2. The van der Waals surface area contributed by atoms with Crippen LogP contribution in [0.2, 0.25) is 0 Å². The Labute approximate surface area is 114 Å². The van der Waals surface area contributed by atoms with Crippen LogP contribution in [0.4, 0.5) is 4.79 Å². The Hall–Kier alpha value is -1.26. The summed E-state index contributed by atoms with van der Waals surface area (Å²) < 4.78 is 0. The van der Waals surface area contributed by atoms with Gasteiger partial charge in [0.25, 0.3) is 0 Å². The first kappa shape index (κ1) is 14.2. The third-order valence-electron chi connectivity index (χ3n) is 4.72. The van der Waals surface area contributed by atoms with Crippen molar-refractivity contribution in [2.24, 2.45) is 5.92 Å². The second kappa shape index (κ2) is 5.80. The maximum atomic E-state index is 12.0. The number of carbonyl (C=O) groups is 2. The molecule has 0 aliphatic heterocycles. The first-order chi connectivity index (χ1) is 9.04. The van der Waals surface area contributed by atoms with Crippen molar-refractivity contribution >= 4 is 12.0 Å². The Bertz CT molecular complexity index is 347. The summed E-state index contributed by atoms with van der Waals surface area (Å²) in [5.74, 6) is -1.04. The Morgan fingerprint density at radius 3 is 2.53 bits per heavy atom. The zero-order chi connectivity index (χ0) is 13.9. The lowest BCUT2D eigenvalue weighted by molar-refractivity contribution is -0.143.